The van der Waals surface area contributed by atoms with Crippen LogP contribution < -0.4 is 20.5 Å². The number of anilines is 1. The Balaban J connectivity index is 1.41. The number of ether oxygens (including phenoxy) is 1. The first-order chi connectivity index (χ1) is 16.8. The molecule has 1 atom stereocenters. The summed E-state index contributed by atoms with van der Waals surface area (Å²) in [5.41, 5.74) is 1.10. The van der Waals surface area contributed by atoms with Gasteiger partial charge in [0.2, 0.25) is 5.75 Å². The molecule has 1 saturated carbocycles. The van der Waals surface area contributed by atoms with Gasteiger partial charge in [-0.1, -0.05) is 54.9 Å². The van der Waals surface area contributed by atoms with Crippen molar-refractivity contribution < 1.29 is 9.30 Å². The molecule has 2 fully saturated rings. The van der Waals surface area contributed by atoms with Crippen LogP contribution in [0.1, 0.15) is 19.8 Å². The largest absolute Gasteiger partial charge is 0.486 e. The maximum absolute atomic E-state index is 13.6. The zero-order valence-electron chi connectivity index (χ0n) is 20.1. The van der Waals surface area contributed by atoms with E-state index in [2.05, 4.69) is 21.6 Å². The lowest BCUT2D eigenvalue weighted by molar-refractivity contribution is 0.242. The number of rotatable bonds is 7. The van der Waals surface area contributed by atoms with Crippen molar-refractivity contribution in [1.82, 2.24) is 14.5 Å². The second kappa shape index (κ2) is 9.45. The minimum absolute atomic E-state index is 0.122. The topological polar surface area (TPSA) is 67.7 Å². The van der Waals surface area contributed by atoms with Crippen LogP contribution in [-0.2, 0) is 4.57 Å². The van der Waals surface area contributed by atoms with Gasteiger partial charge < -0.3 is 14.2 Å². The van der Waals surface area contributed by atoms with Crippen LogP contribution in [0.25, 0.3) is 5.69 Å². The van der Waals surface area contributed by atoms with E-state index < -0.39 is 7.29 Å². The maximum atomic E-state index is 13.6. The van der Waals surface area contributed by atoms with Crippen LogP contribution in [0.5, 0.6) is 5.75 Å². The van der Waals surface area contributed by atoms with E-state index in [0.717, 1.165) is 18.1 Å². The molecule has 184 valence electrons. The molecule has 1 aliphatic heterocycles. The second-order valence-electron chi connectivity index (χ2n) is 9.81. The lowest BCUT2D eigenvalue weighted by Gasteiger charge is -2.39. The molecule has 0 N–H and O–H groups in total. The number of hydrogen-bond donors (Lipinski definition) is 0. The van der Waals surface area contributed by atoms with Gasteiger partial charge in [0.25, 0.3) is 0 Å². The number of aromatic nitrogens is 2. The monoisotopic (exact) mass is 512 g/mol. The average molecular weight is 513 g/mol. The van der Waals surface area contributed by atoms with E-state index in [9.17, 15) is 9.36 Å². The molecule has 3 aromatic rings. The fourth-order valence-corrected chi connectivity index (χ4v) is 6.55. The van der Waals surface area contributed by atoms with Crippen LogP contribution in [0, 0.1) is 5.41 Å². The van der Waals surface area contributed by atoms with Crippen LogP contribution >= 0.6 is 18.9 Å². The highest BCUT2D eigenvalue weighted by molar-refractivity contribution is 7.68. The van der Waals surface area contributed by atoms with Gasteiger partial charge in [-0.2, -0.15) is 9.78 Å². The Morgan fingerprint density at radius 2 is 1.77 bits per heavy atom. The molecule has 0 bridgehead atoms. The molecule has 1 unspecified atom stereocenters. The third kappa shape index (κ3) is 5.04. The van der Waals surface area contributed by atoms with Gasteiger partial charge >= 0.3 is 5.56 Å². The van der Waals surface area contributed by atoms with Crippen molar-refractivity contribution in [3.05, 3.63) is 76.2 Å². The normalized spacial score (nSPS) is 19.2. The number of hydrogen-bond acceptors (Lipinski definition) is 5. The molecule has 2 aromatic carbocycles. The molecule has 2 heterocycles. The summed E-state index contributed by atoms with van der Waals surface area (Å²) in [5, 5.41) is 5.85. The van der Waals surface area contributed by atoms with Crippen LogP contribution in [-0.4, -0.2) is 53.9 Å². The molecule has 7 nitrogen and oxygen atoms in total. The van der Waals surface area contributed by atoms with E-state index in [0.29, 0.717) is 54.9 Å². The van der Waals surface area contributed by atoms with E-state index in [4.69, 9.17) is 16.3 Å². The van der Waals surface area contributed by atoms with Crippen LogP contribution in [0.3, 0.4) is 0 Å². The first-order valence-electron chi connectivity index (χ1n) is 11.9. The summed E-state index contributed by atoms with van der Waals surface area (Å²) in [6, 6.07) is 16.7. The van der Waals surface area contributed by atoms with Crippen molar-refractivity contribution in [3.63, 3.8) is 0 Å². The summed E-state index contributed by atoms with van der Waals surface area (Å²) in [7, 11) is -2.66. The number of piperazine rings is 1. The summed E-state index contributed by atoms with van der Waals surface area (Å²) in [6.07, 6.45) is 3.89. The average Bonchev–Trinajstić information content (AvgIpc) is 3.61. The predicted molar refractivity (Wildman–Crippen MR) is 141 cm³/mol. The van der Waals surface area contributed by atoms with E-state index in [1.807, 2.05) is 37.0 Å². The molecule has 35 heavy (non-hydrogen) atoms. The van der Waals surface area contributed by atoms with Crippen LogP contribution in [0.4, 0.5) is 5.69 Å². The summed E-state index contributed by atoms with van der Waals surface area (Å²) in [6.45, 7) is 6.99. The summed E-state index contributed by atoms with van der Waals surface area (Å²) in [5.74, 6) is 0.310. The first kappa shape index (κ1) is 24.1. The third-order valence-electron chi connectivity index (χ3n) is 7.01. The van der Waals surface area contributed by atoms with Gasteiger partial charge in [-0.15, -0.1) is 0 Å². The number of nitrogens with zero attached hydrogens (tertiary/aromatic N) is 4. The van der Waals surface area contributed by atoms with Crippen LogP contribution in [0.2, 0.25) is 5.02 Å². The molecule has 5 rings (SSSR count). The van der Waals surface area contributed by atoms with E-state index in [1.54, 1.807) is 30.5 Å². The standard InChI is InChI=1S/C26H30ClN4O3P/c1-26(11-12-26)19-34-24-23(18-28-31(25(24)32)21-8-6-7-20(27)17-21)29-13-15-30(16-14-29)35(2,33)22-9-4-3-5-10-22/h3-10,17-18H,11-16,19H2,1-2H3. The fourth-order valence-electron chi connectivity index (χ4n) is 4.37. The zero-order chi connectivity index (χ0) is 24.6. The Morgan fingerprint density at radius 1 is 1.06 bits per heavy atom. The first-order valence-corrected chi connectivity index (χ1v) is 14.4. The molecule has 0 radical (unpaired) electrons. The van der Waals surface area contributed by atoms with Gasteiger partial charge in [0.05, 0.1) is 18.5 Å². The highest BCUT2D eigenvalue weighted by Crippen LogP contribution is 2.46. The SMILES string of the molecule is CC1(COc2c(N3CCN(P(C)(=O)c4ccccc4)CC3)cnn(-c3cccc(Cl)c3)c2=O)CC1. The molecule has 1 aliphatic carbocycles. The smallest absolute Gasteiger partial charge is 0.316 e. The zero-order valence-corrected chi connectivity index (χ0v) is 21.7. The number of benzene rings is 2. The lowest BCUT2D eigenvalue weighted by atomic mass is 10.2. The lowest BCUT2D eigenvalue weighted by Crippen LogP contribution is -2.46. The minimum atomic E-state index is -2.66. The molecule has 1 saturated heterocycles. The molecule has 0 spiro atoms. The molecule has 9 heteroatoms. The molecular weight excluding hydrogens is 483 g/mol. The van der Waals surface area contributed by atoms with Crippen molar-refractivity contribution in [1.29, 1.82) is 0 Å². The Morgan fingerprint density at radius 3 is 2.43 bits per heavy atom. The molecule has 1 aromatic heterocycles. The second-order valence-corrected chi connectivity index (χ2v) is 13.1. The van der Waals surface area contributed by atoms with Gasteiger partial charge in [-0.05, 0) is 31.0 Å². The molecule has 0 amide bonds. The van der Waals surface area contributed by atoms with Crippen molar-refractivity contribution in [2.45, 2.75) is 19.8 Å². The number of halogens is 1. The van der Waals surface area contributed by atoms with Gasteiger partial charge in [0.15, 0.2) is 7.29 Å². The van der Waals surface area contributed by atoms with Gasteiger partial charge in [-0.3, -0.25) is 4.79 Å². The van der Waals surface area contributed by atoms with E-state index in [-0.39, 0.29) is 11.0 Å². The quantitative estimate of drug-likeness (QED) is 0.437. The highest BCUT2D eigenvalue weighted by atomic mass is 35.5. The van der Waals surface area contributed by atoms with Crippen LogP contribution in [0.15, 0.2) is 65.6 Å². The maximum Gasteiger partial charge on any atom is 0.316 e. The van der Waals surface area contributed by atoms with E-state index in [1.165, 1.54) is 4.68 Å². The Kier molecular flexibility index (Phi) is 6.51. The van der Waals surface area contributed by atoms with E-state index >= 15 is 0 Å². The van der Waals surface area contributed by atoms with Crippen molar-refractivity contribution in [3.8, 4) is 11.4 Å². The summed E-state index contributed by atoms with van der Waals surface area (Å²) >= 11 is 6.15. The van der Waals surface area contributed by atoms with Gasteiger partial charge in [0, 0.05) is 48.6 Å². The third-order valence-corrected chi connectivity index (χ3v) is 9.98. The Labute approximate surface area is 210 Å². The molecular formula is C26H30ClN4O3P. The summed E-state index contributed by atoms with van der Waals surface area (Å²) < 4.78 is 23.2. The summed E-state index contributed by atoms with van der Waals surface area (Å²) in [4.78, 5) is 15.7. The van der Waals surface area contributed by atoms with Gasteiger partial charge in [0.1, 0.15) is 5.69 Å². The van der Waals surface area contributed by atoms with Crippen molar-refractivity contribution in [2.24, 2.45) is 5.41 Å². The predicted octanol–water partition coefficient (Wildman–Crippen LogP) is 4.42. The Hall–Kier alpha value is -2.60. The van der Waals surface area contributed by atoms with Gasteiger partial charge in [-0.25, -0.2) is 4.67 Å². The fraction of sp³-hybridized carbons (Fsp3) is 0.385. The Bertz CT molecular complexity index is 1320. The molecule has 2 aliphatic rings. The van der Waals surface area contributed by atoms with Crippen molar-refractivity contribution in [2.75, 3.05) is 44.4 Å². The highest BCUT2D eigenvalue weighted by Gasteiger charge is 2.39. The van der Waals surface area contributed by atoms with Crippen molar-refractivity contribution >= 4 is 29.9 Å². The minimum Gasteiger partial charge on any atom is -0.486 e.